The summed E-state index contributed by atoms with van der Waals surface area (Å²) < 4.78 is 0. The largest absolute Gasteiger partial charge is 0.352 e. The van der Waals surface area contributed by atoms with E-state index in [2.05, 4.69) is 19.2 Å². The molecule has 0 saturated carbocycles. The highest BCUT2D eigenvalue weighted by Gasteiger charge is 2.41. The van der Waals surface area contributed by atoms with Crippen molar-refractivity contribution in [2.45, 2.75) is 46.1 Å². The van der Waals surface area contributed by atoms with E-state index in [-0.39, 0.29) is 11.8 Å². The van der Waals surface area contributed by atoms with Crippen LogP contribution in [-0.2, 0) is 11.2 Å². The van der Waals surface area contributed by atoms with Gasteiger partial charge in [-0.2, -0.15) is 0 Å². The second-order valence-corrected chi connectivity index (χ2v) is 6.97. The predicted octanol–water partition coefficient (Wildman–Crippen LogP) is 2.36. The topological polar surface area (TPSA) is 49.4 Å². The molecule has 20 heavy (non-hydrogen) atoms. The van der Waals surface area contributed by atoms with Crippen LogP contribution in [0.2, 0.25) is 0 Å². The first kappa shape index (κ1) is 15.0. The lowest BCUT2D eigenvalue weighted by Gasteiger charge is -2.40. The first-order valence-electron chi connectivity index (χ1n) is 7.07. The van der Waals surface area contributed by atoms with Crippen LogP contribution in [0.3, 0.4) is 0 Å². The molecular weight excluding hydrogens is 272 g/mol. The van der Waals surface area contributed by atoms with Gasteiger partial charge in [0.1, 0.15) is 5.54 Å². The minimum Gasteiger partial charge on any atom is -0.352 e. The minimum absolute atomic E-state index is 0.0275. The number of nitrogens with zero attached hydrogens (tertiary/aromatic N) is 1. The lowest BCUT2D eigenvalue weighted by atomic mass is 9.98. The fourth-order valence-corrected chi connectivity index (χ4v) is 3.55. The van der Waals surface area contributed by atoms with Crippen molar-refractivity contribution in [2.75, 3.05) is 13.1 Å². The summed E-state index contributed by atoms with van der Waals surface area (Å²) in [5.74, 6) is -0.112. The van der Waals surface area contributed by atoms with E-state index in [9.17, 15) is 9.59 Å². The third-order valence-electron chi connectivity index (χ3n) is 3.85. The standard InChI is InChI=1S/C15H22N2O2S/c1-5-6-11-9-12(20-10(11)2)13(18)17-8-7-16-14(19)15(17,3)4/h9H,5-8H2,1-4H3,(H,16,19). The third kappa shape index (κ3) is 2.59. The number of amides is 2. The van der Waals surface area contributed by atoms with Gasteiger partial charge >= 0.3 is 0 Å². The average molecular weight is 294 g/mol. The molecule has 1 aliphatic rings. The molecule has 1 saturated heterocycles. The number of nitrogens with one attached hydrogen (secondary N) is 1. The molecular formula is C15H22N2O2S. The minimum atomic E-state index is -0.780. The zero-order valence-electron chi connectivity index (χ0n) is 12.6. The van der Waals surface area contributed by atoms with E-state index in [1.54, 1.807) is 18.7 Å². The number of hydrogen-bond donors (Lipinski definition) is 1. The second-order valence-electron chi connectivity index (χ2n) is 5.71. The summed E-state index contributed by atoms with van der Waals surface area (Å²) in [6, 6.07) is 1.99. The molecule has 0 spiro atoms. The predicted molar refractivity (Wildman–Crippen MR) is 81.2 cm³/mol. The maximum atomic E-state index is 12.7. The zero-order valence-corrected chi connectivity index (χ0v) is 13.4. The molecule has 0 unspecified atom stereocenters. The number of thiophene rings is 1. The molecule has 0 bridgehead atoms. The van der Waals surface area contributed by atoms with Gasteiger partial charge in [-0.3, -0.25) is 9.59 Å². The Bertz CT molecular complexity index is 534. The van der Waals surface area contributed by atoms with Crippen LogP contribution in [0.4, 0.5) is 0 Å². The van der Waals surface area contributed by atoms with Gasteiger partial charge in [-0.1, -0.05) is 13.3 Å². The van der Waals surface area contributed by atoms with Crippen LogP contribution >= 0.6 is 11.3 Å². The summed E-state index contributed by atoms with van der Waals surface area (Å²) >= 11 is 1.54. The zero-order chi connectivity index (χ0) is 14.9. The van der Waals surface area contributed by atoms with Crippen LogP contribution in [0.25, 0.3) is 0 Å². The number of carbonyl (C=O) groups is 2. The molecule has 110 valence electrons. The molecule has 1 N–H and O–H groups in total. The van der Waals surface area contributed by atoms with Crippen molar-refractivity contribution < 1.29 is 9.59 Å². The lowest BCUT2D eigenvalue weighted by molar-refractivity contribution is -0.133. The highest BCUT2D eigenvalue weighted by Crippen LogP contribution is 2.27. The quantitative estimate of drug-likeness (QED) is 0.930. The fourth-order valence-electron chi connectivity index (χ4n) is 2.53. The molecule has 0 aromatic carbocycles. The number of carbonyl (C=O) groups excluding carboxylic acids is 2. The van der Waals surface area contributed by atoms with Gasteiger partial charge in [0.05, 0.1) is 4.88 Å². The molecule has 2 rings (SSSR count). The molecule has 1 aliphatic heterocycles. The Morgan fingerprint density at radius 3 is 2.85 bits per heavy atom. The van der Waals surface area contributed by atoms with Crippen LogP contribution in [0.5, 0.6) is 0 Å². The van der Waals surface area contributed by atoms with Crippen molar-refractivity contribution >= 4 is 23.2 Å². The molecule has 0 aliphatic carbocycles. The Morgan fingerprint density at radius 1 is 1.50 bits per heavy atom. The molecule has 1 fully saturated rings. The normalized spacial score (nSPS) is 18.0. The first-order valence-corrected chi connectivity index (χ1v) is 7.89. The number of rotatable bonds is 3. The van der Waals surface area contributed by atoms with Crippen LogP contribution < -0.4 is 5.32 Å². The second kappa shape index (κ2) is 5.56. The van der Waals surface area contributed by atoms with E-state index in [0.717, 1.165) is 17.7 Å². The summed E-state index contributed by atoms with van der Waals surface area (Å²) in [6.45, 7) is 8.88. The Hall–Kier alpha value is -1.36. The van der Waals surface area contributed by atoms with Crippen LogP contribution in [0, 0.1) is 6.92 Å². The highest BCUT2D eigenvalue weighted by molar-refractivity contribution is 7.14. The summed E-state index contributed by atoms with van der Waals surface area (Å²) in [7, 11) is 0. The van der Waals surface area contributed by atoms with Gasteiger partial charge in [0.2, 0.25) is 5.91 Å². The van der Waals surface area contributed by atoms with Gasteiger partial charge in [0, 0.05) is 18.0 Å². The molecule has 1 aromatic rings. The number of aryl methyl sites for hydroxylation is 2. The Kier molecular flexibility index (Phi) is 4.18. The van der Waals surface area contributed by atoms with E-state index in [1.807, 2.05) is 6.07 Å². The van der Waals surface area contributed by atoms with E-state index < -0.39 is 5.54 Å². The van der Waals surface area contributed by atoms with Crippen molar-refractivity contribution in [2.24, 2.45) is 0 Å². The maximum absolute atomic E-state index is 12.7. The molecule has 2 heterocycles. The Labute approximate surface area is 124 Å². The molecule has 5 heteroatoms. The number of hydrogen-bond acceptors (Lipinski definition) is 3. The van der Waals surface area contributed by atoms with Gasteiger partial charge in [-0.25, -0.2) is 0 Å². The van der Waals surface area contributed by atoms with Gasteiger partial charge in [-0.15, -0.1) is 11.3 Å². The van der Waals surface area contributed by atoms with E-state index >= 15 is 0 Å². The molecule has 0 atom stereocenters. The fraction of sp³-hybridized carbons (Fsp3) is 0.600. The summed E-state index contributed by atoms with van der Waals surface area (Å²) in [6.07, 6.45) is 2.07. The van der Waals surface area contributed by atoms with Crippen molar-refractivity contribution in [3.63, 3.8) is 0 Å². The van der Waals surface area contributed by atoms with Crippen molar-refractivity contribution in [1.82, 2.24) is 10.2 Å². The first-order chi connectivity index (χ1) is 9.37. The van der Waals surface area contributed by atoms with Gasteiger partial charge < -0.3 is 10.2 Å². The SMILES string of the molecule is CCCc1cc(C(=O)N2CCNC(=O)C2(C)C)sc1C. The smallest absolute Gasteiger partial charge is 0.264 e. The molecule has 1 aromatic heterocycles. The van der Waals surface area contributed by atoms with E-state index in [4.69, 9.17) is 0 Å². The third-order valence-corrected chi connectivity index (χ3v) is 4.93. The summed E-state index contributed by atoms with van der Waals surface area (Å²) in [5.41, 5.74) is 0.470. The molecule has 0 radical (unpaired) electrons. The number of piperazine rings is 1. The van der Waals surface area contributed by atoms with Crippen LogP contribution in [0.15, 0.2) is 6.07 Å². The van der Waals surface area contributed by atoms with Gasteiger partial charge in [-0.05, 0) is 38.8 Å². The molecule has 2 amide bonds. The van der Waals surface area contributed by atoms with Crippen LogP contribution in [-0.4, -0.2) is 35.3 Å². The Morgan fingerprint density at radius 2 is 2.20 bits per heavy atom. The van der Waals surface area contributed by atoms with Crippen molar-refractivity contribution in [3.05, 3.63) is 21.4 Å². The average Bonchev–Trinajstić information content (AvgIpc) is 2.74. The van der Waals surface area contributed by atoms with Crippen molar-refractivity contribution in [1.29, 1.82) is 0 Å². The lowest BCUT2D eigenvalue weighted by Crippen LogP contribution is -2.63. The monoisotopic (exact) mass is 294 g/mol. The van der Waals surface area contributed by atoms with E-state index in [0.29, 0.717) is 13.1 Å². The van der Waals surface area contributed by atoms with Crippen LogP contribution in [0.1, 0.15) is 47.3 Å². The van der Waals surface area contributed by atoms with Crippen molar-refractivity contribution in [3.8, 4) is 0 Å². The maximum Gasteiger partial charge on any atom is 0.264 e. The Balaban J connectivity index is 2.26. The summed E-state index contributed by atoms with van der Waals surface area (Å²) in [5, 5.41) is 2.82. The summed E-state index contributed by atoms with van der Waals surface area (Å²) in [4.78, 5) is 28.3. The van der Waals surface area contributed by atoms with Gasteiger partial charge in [0.25, 0.3) is 5.91 Å². The molecule has 4 nitrogen and oxygen atoms in total. The highest BCUT2D eigenvalue weighted by atomic mass is 32.1. The van der Waals surface area contributed by atoms with Gasteiger partial charge in [0.15, 0.2) is 0 Å². The van der Waals surface area contributed by atoms with E-state index in [1.165, 1.54) is 21.8 Å².